The fraction of sp³-hybridized carbons (Fsp3) is 0.714. The Labute approximate surface area is 170 Å². The molecule has 0 aromatic carbocycles. The minimum Gasteiger partial charge on any atom is -0.396 e. The maximum atomic E-state index is 9.72. The summed E-state index contributed by atoms with van der Waals surface area (Å²) in [6, 6.07) is 0. The predicted molar refractivity (Wildman–Crippen MR) is 112 cm³/mol. The van der Waals surface area contributed by atoms with E-state index in [0.717, 1.165) is 76.8 Å². The molecule has 0 amide bonds. The first-order valence-electron chi connectivity index (χ1n) is 10.8. The zero-order chi connectivity index (χ0) is 18.9. The molecule has 2 aliphatic heterocycles. The SMILES string of the molecule is OCC1CCCN(c2nc(CN3CCOCC3)nc3sc4c(c23)CCCC4)C1. The third-order valence-corrected chi connectivity index (χ3v) is 7.57. The molecule has 1 aliphatic carbocycles. The van der Waals surface area contributed by atoms with Crippen molar-refractivity contribution >= 4 is 27.4 Å². The number of fused-ring (bicyclic) bond motifs is 3. The standard InChI is InChI=1S/C21H30N4O2S/c26-14-15-4-3-7-25(12-15)20-19-16-5-1-2-6-17(16)28-21(19)23-18(22-20)13-24-8-10-27-11-9-24/h15,26H,1-14H2. The van der Waals surface area contributed by atoms with Gasteiger partial charge in [-0.15, -0.1) is 11.3 Å². The van der Waals surface area contributed by atoms with Crippen LogP contribution in [0.25, 0.3) is 10.2 Å². The van der Waals surface area contributed by atoms with Gasteiger partial charge in [-0.05, 0) is 50.0 Å². The molecule has 0 bridgehead atoms. The lowest BCUT2D eigenvalue weighted by molar-refractivity contribution is 0.0331. The Morgan fingerprint density at radius 3 is 2.79 bits per heavy atom. The fourth-order valence-corrected chi connectivity index (χ4v) is 6.12. The molecule has 6 nitrogen and oxygen atoms in total. The summed E-state index contributed by atoms with van der Waals surface area (Å²) < 4.78 is 5.49. The molecule has 1 atom stereocenters. The number of rotatable bonds is 4. The minimum atomic E-state index is 0.271. The first-order valence-corrected chi connectivity index (χ1v) is 11.6. The van der Waals surface area contributed by atoms with Crippen LogP contribution in [-0.2, 0) is 24.1 Å². The summed E-state index contributed by atoms with van der Waals surface area (Å²) in [7, 11) is 0. The second-order valence-corrected chi connectivity index (χ2v) is 9.46. The van der Waals surface area contributed by atoms with E-state index in [1.165, 1.54) is 39.9 Å². The lowest BCUT2D eigenvalue weighted by Gasteiger charge is -2.34. The lowest BCUT2D eigenvalue weighted by atomic mass is 9.95. The molecule has 4 heterocycles. The molecule has 5 rings (SSSR count). The van der Waals surface area contributed by atoms with E-state index < -0.39 is 0 Å². The van der Waals surface area contributed by atoms with Crippen LogP contribution < -0.4 is 4.90 Å². The van der Waals surface area contributed by atoms with Gasteiger partial charge < -0.3 is 14.7 Å². The van der Waals surface area contributed by atoms with Gasteiger partial charge in [0.2, 0.25) is 0 Å². The Kier molecular flexibility index (Phi) is 5.50. The van der Waals surface area contributed by atoms with Crippen LogP contribution in [0, 0.1) is 5.92 Å². The summed E-state index contributed by atoms with van der Waals surface area (Å²) in [5.74, 6) is 2.43. The number of nitrogens with zero attached hydrogens (tertiary/aromatic N) is 4. The average Bonchev–Trinajstić information content (AvgIpc) is 3.12. The van der Waals surface area contributed by atoms with Gasteiger partial charge in [-0.25, -0.2) is 9.97 Å². The van der Waals surface area contributed by atoms with E-state index in [4.69, 9.17) is 14.7 Å². The molecule has 152 valence electrons. The summed E-state index contributed by atoms with van der Waals surface area (Å²) in [5, 5.41) is 11.0. The lowest BCUT2D eigenvalue weighted by Crippen LogP contribution is -2.38. The second kappa shape index (κ2) is 8.22. The Morgan fingerprint density at radius 2 is 1.93 bits per heavy atom. The first-order chi connectivity index (χ1) is 13.8. The molecular formula is C21H30N4O2S. The van der Waals surface area contributed by atoms with Crippen LogP contribution in [0.5, 0.6) is 0 Å². The number of piperidine rings is 1. The van der Waals surface area contributed by atoms with Crippen molar-refractivity contribution in [3.05, 3.63) is 16.3 Å². The zero-order valence-electron chi connectivity index (χ0n) is 16.5. The van der Waals surface area contributed by atoms with Crippen LogP contribution in [0.1, 0.15) is 41.9 Å². The smallest absolute Gasteiger partial charge is 0.146 e. The summed E-state index contributed by atoms with van der Waals surface area (Å²) in [6.07, 6.45) is 7.15. The maximum Gasteiger partial charge on any atom is 0.146 e. The number of aryl methyl sites for hydroxylation is 2. The van der Waals surface area contributed by atoms with Crippen molar-refractivity contribution in [2.24, 2.45) is 5.92 Å². The fourth-order valence-electron chi connectivity index (χ4n) is 4.85. The van der Waals surface area contributed by atoms with Gasteiger partial charge in [0.05, 0.1) is 25.1 Å². The molecule has 1 N–H and O–H groups in total. The summed E-state index contributed by atoms with van der Waals surface area (Å²) in [6.45, 7) is 6.51. The van der Waals surface area contributed by atoms with Gasteiger partial charge >= 0.3 is 0 Å². The highest BCUT2D eigenvalue weighted by Crippen LogP contribution is 2.40. The third-order valence-electron chi connectivity index (χ3n) is 6.39. The molecule has 3 aliphatic rings. The number of hydrogen-bond donors (Lipinski definition) is 1. The first kappa shape index (κ1) is 18.7. The molecule has 2 saturated heterocycles. The zero-order valence-corrected chi connectivity index (χ0v) is 17.3. The molecule has 2 aromatic rings. The molecule has 1 unspecified atom stereocenters. The number of thiophene rings is 1. The highest BCUT2D eigenvalue weighted by molar-refractivity contribution is 7.19. The van der Waals surface area contributed by atoms with Crippen molar-refractivity contribution in [3.8, 4) is 0 Å². The van der Waals surface area contributed by atoms with Gasteiger partial charge in [0.15, 0.2) is 0 Å². The van der Waals surface area contributed by atoms with E-state index in [9.17, 15) is 5.11 Å². The summed E-state index contributed by atoms with van der Waals surface area (Å²) in [5.41, 5.74) is 1.50. The molecule has 0 radical (unpaired) electrons. The summed E-state index contributed by atoms with van der Waals surface area (Å²) in [4.78, 5) is 17.7. The monoisotopic (exact) mass is 402 g/mol. The number of ether oxygens (including phenoxy) is 1. The maximum absolute atomic E-state index is 9.72. The van der Waals surface area contributed by atoms with Crippen LogP contribution in [0.4, 0.5) is 5.82 Å². The van der Waals surface area contributed by atoms with Crippen LogP contribution >= 0.6 is 11.3 Å². The molecule has 0 spiro atoms. The molecule has 7 heteroatoms. The number of aliphatic hydroxyl groups is 1. The van der Waals surface area contributed by atoms with Gasteiger partial charge in [0, 0.05) is 37.7 Å². The van der Waals surface area contributed by atoms with Crippen LogP contribution in [0.15, 0.2) is 0 Å². The van der Waals surface area contributed by atoms with E-state index in [1.54, 1.807) is 0 Å². The molecule has 2 fully saturated rings. The highest BCUT2D eigenvalue weighted by atomic mass is 32.1. The van der Waals surface area contributed by atoms with Crippen LogP contribution in [0.3, 0.4) is 0 Å². The van der Waals surface area contributed by atoms with Crippen LogP contribution in [0.2, 0.25) is 0 Å². The molecule has 0 saturated carbocycles. The highest BCUT2D eigenvalue weighted by Gasteiger charge is 2.27. The topological polar surface area (TPSA) is 61.7 Å². The van der Waals surface area contributed by atoms with Gasteiger partial charge in [-0.3, -0.25) is 4.90 Å². The van der Waals surface area contributed by atoms with Gasteiger partial charge in [0.1, 0.15) is 16.5 Å². The Bertz CT molecular complexity index is 833. The number of aliphatic hydroxyl groups excluding tert-OH is 1. The Balaban J connectivity index is 1.55. The molecular weight excluding hydrogens is 372 g/mol. The van der Waals surface area contributed by atoms with Crippen molar-refractivity contribution < 1.29 is 9.84 Å². The quantitative estimate of drug-likeness (QED) is 0.848. The predicted octanol–water partition coefficient (Wildman–Crippen LogP) is 2.61. The number of aromatic nitrogens is 2. The minimum absolute atomic E-state index is 0.271. The second-order valence-electron chi connectivity index (χ2n) is 8.38. The third kappa shape index (κ3) is 3.65. The van der Waals surface area contributed by atoms with E-state index in [1.807, 2.05) is 11.3 Å². The van der Waals surface area contributed by atoms with Gasteiger partial charge in [-0.1, -0.05) is 0 Å². The van der Waals surface area contributed by atoms with Crippen molar-refractivity contribution in [3.63, 3.8) is 0 Å². The van der Waals surface area contributed by atoms with E-state index in [-0.39, 0.29) is 6.61 Å². The summed E-state index contributed by atoms with van der Waals surface area (Å²) >= 11 is 1.89. The Hall–Kier alpha value is -1.28. The van der Waals surface area contributed by atoms with E-state index in [0.29, 0.717) is 5.92 Å². The Morgan fingerprint density at radius 1 is 1.07 bits per heavy atom. The van der Waals surface area contributed by atoms with Crippen molar-refractivity contribution in [1.29, 1.82) is 0 Å². The van der Waals surface area contributed by atoms with Crippen LogP contribution in [-0.4, -0.2) is 66.0 Å². The van der Waals surface area contributed by atoms with Crippen molar-refractivity contribution in [1.82, 2.24) is 14.9 Å². The number of morpholine rings is 1. The number of anilines is 1. The molecule has 2 aromatic heterocycles. The normalized spacial score (nSPS) is 23.9. The van der Waals surface area contributed by atoms with E-state index in [2.05, 4.69) is 9.80 Å². The average molecular weight is 403 g/mol. The largest absolute Gasteiger partial charge is 0.396 e. The van der Waals surface area contributed by atoms with E-state index >= 15 is 0 Å². The van der Waals surface area contributed by atoms with Gasteiger partial charge in [0.25, 0.3) is 0 Å². The van der Waals surface area contributed by atoms with Crippen molar-refractivity contribution in [2.75, 3.05) is 50.9 Å². The van der Waals surface area contributed by atoms with Crippen molar-refractivity contribution in [2.45, 2.75) is 45.1 Å². The molecule has 28 heavy (non-hydrogen) atoms. The van der Waals surface area contributed by atoms with Gasteiger partial charge in [-0.2, -0.15) is 0 Å². The number of hydrogen-bond acceptors (Lipinski definition) is 7.